The third kappa shape index (κ3) is 3.49. The van der Waals surface area contributed by atoms with Crippen molar-refractivity contribution in [3.8, 4) is 5.82 Å². The summed E-state index contributed by atoms with van der Waals surface area (Å²) < 4.78 is 2.63. The van der Waals surface area contributed by atoms with Gasteiger partial charge in [-0.05, 0) is 68.9 Å². The first kappa shape index (κ1) is 18.1. The Morgan fingerprint density at radius 3 is 2.63 bits per heavy atom. The van der Waals surface area contributed by atoms with Crippen molar-refractivity contribution < 1.29 is 9.90 Å². The number of hydrogen-bond donors (Lipinski definition) is 2. The molecule has 0 spiro atoms. The van der Waals surface area contributed by atoms with Crippen LogP contribution in [-0.4, -0.2) is 31.1 Å². The third-order valence-corrected chi connectivity index (χ3v) is 6.96. The van der Waals surface area contributed by atoms with E-state index in [1.807, 2.05) is 19.9 Å². The molecule has 0 atom stereocenters. The number of amides is 1. The molecule has 3 aromatic heterocycles. The first-order valence-corrected chi connectivity index (χ1v) is 10.1. The Balaban J connectivity index is 1.68. The highest BCUT2D eigenvalue weighted by Crippen LogP contribution is 2.43. The van der Waals surface area contributed by atoms with Crippen molar-refractivity contribution in [2.75, 3.05) is 0 Å². The fourth-order valence-electron chi connectivity index (χ4n) is 4.03. The number of rotatable bonds is 4. The molecule has 1 amide bonds. The standard InChI is InChI=1S/C20H24N4O2S/c1-20(2,26)14-5-3-12(4-6-14)15-9-13-10-16(24-8-7-22-11-24)23-17(19(21)25)18(13)27-15/h7-12,14,26H,3-6H2,1-2H3,(H2,21,25). The van der Waals surface area contributed by atoms with Crippen molar-refractivity contribution in [2.45, 2.75) is 51.0 Å². The first-order valence-electron chi connectivity index (χ1n) is 9.28. The summed E-state index contributed by atoms with van der Waals surface area (Å²) in [5, 5.41) is 11.3. The van der Waals surface area contributed by atoms with Crippen LogP contribution in [0.2, 0.25) is 0 Å². The van der Waals surface area contributed by atoms with Gasteiger partial charge in [-0.25, -0.2) is 9.97 Å². The molecule has 0 saturated heterocycles. The molecular formula is C20H24N4O2S. The number of fused-ring (bicyclic) bond motifs is 1. The number of primary amides is 1. The van der Waals surface area contributed by atoms with E-state index >= 15 is 0 Å². The molecule has 3 heterocycles. The topological polar surface area (TPSA) is 94.0 Å². The van der Waals surface area contributed by atoms with E-state index in [-0.39, 0.29) is 0 Å². The van der Waals surface area contributed by atoms with Crippen molar-refractivity contribution >= 4 is 27.3 Å². The number of hydrogen-bond acceptors (Lipinski definition) is 5. The zero-order valence-corrected chi connectivity index (χ0v) is 16.4. The van der Waals surface area contributed by atoms with Crippen LogP contribution in [0.1, 0.15) is 60.8 Å². The van der Waals surface area contributed by atoms with E-state index in [4.69, 9.17) is 5.73 Å². The SMILES string of the molecule is CC(C)(O)C1CCC(c2cc3cc(-n4ccnc4)nc(C(N)=O)c3s2)CC1. The predicted octanol–water partition coefficient (Wildman–Crippen LogP) is 3.63. The maximum atomic E-state index is 12.0. The van der Waals surface area contributed by atoms with Crippen LogP contribution >= 0.6 is 11.3 Å². The van der Waals surface area contributed by atoms with Gasteiger partial charge < -0.3 is 10.8 Å². The van der Waals surface area contributed by atoms with Gasteiger partial charge in [-0.1, -0.05) is 0 Å². The normalized spacial score (nSPS) is 20.9. The van der Waals surface area contributed by atoms with Gasteiger partial charge >= 0.3 is 0 Å². The monoisotopic (exact) mass is 384 g/mol. The number of aromatic nitrogens is 3. The number of thiophene rings is 1. The highest BCUT2D eigenvalue weighted by Gasteiger charge is 2.32. The minimum Gasteiger partial charge on any atom is -0.390 e. The van der Waals surface area contributed by atoms with Gasteiger partial charge in [0.2, 0.25) is 0 Å². The lowest BCUT2D eigenvalue weighted by Gasteiger charge is -2.35. The summed E-state index contributed by atoms with van der Waals surface area (Å²) in [5.41, 5.74) is 5.31. The number of imidazole rings is 1. The predicted molar refractivity (Wildman–Crippen MR) is 106 cm³/mol. The molecule has 7 heteroatoms. The summed E-state index contributed by atoms with van der Waals surface area (Å²) >= 11 is 1.62. The van der Waals surface area contributed by atoms with Gasteiger partial charge in [0, 0.05) is 17.3 Å². The van der Waals surface area contributed by atoms with Gasteiger partial charge in [0.25, 0.3) is 5.91 Å². The van der Waals surface area contributed by atoms with Crippen LogP contribution < -0.4 is 5.73 Å². The molecule has 1 saturated carbocycles. The van der Waals surface area contributed by atoms with Crippen molar-refractivity contribution in [1.82, 2.24) is 14.5 Å². The van der Waals surface area contributed by atoms with Crippen molar-refractivity contribution in [3.63, 3.8) is 0 Å². The smallest absolute Gasteiger partial charge is 0.268 e. The molecule has 27 heavy (non-hydrogen) atoms. The Hall–Kier alpha value is -2.25. The quantitative estimate of drug-likeness (QED) is 0.718. The number of aliphatic hydroxyl groups is 1. The van der Waals surface area contributed by atoms with E-state index in [1.165, 1.54) is 4.88 Å². The van der Waals surface area contributed by atoms with Gasteiger partial charge in [0.1, 0.15) is 17.8 Å². The average molecular weight is 385 g/mol. The summed E-state index contributed by atoms with van der Waals surface area (Å²) in [5.74, 6) is 0.933. The van der Waals surface area contributed by atoms with E-state index in [1.54, 1.807) is 34.6 Å². The summed E-state index contributed by atoms with van der Waals surface area (Å²) in [6.45, 7) is 3.81. The molecule has 1 aliphatic rings. The first-order chi connectivity index (χ1) is 12.8. The van der Waals surface area contributed by atoms with Crippen LogP contribution in [0.3, 0.4) is 0 Å². The Bertz CT molecular complexity index is 964. The zero-order chi connectivity index (χ0) is 19.2. The molecule has 4 rings (SSSR count). The fraction of sp³-hybridized carbons (Fsp3) is 0.450. The summed E-state index contributed by atoms with van der Waals surface area (Å²) in [6, 6.07) is 4.15. The molecule has 3 aromatic rings. The Morgan fingerprint density at radius 2 is 2.04 bits per heavy atom. The minimum atomic E-state index is -0.617. The molecule has 142 valence electrons. The zero-order valence-electron chi connectivity index (χ0n) is 15.6. The van der Waals surface area contributed by atoms with E-state index in [9.17, 15) is 9.90 Å². The van der Waals surface area contributed by atoms with Gasteiger partial charge in [-0.3, -0.25) is 9.36 Å². The molecule has 0 radical (unpaired) electrons. The number of nitrogens with two attached hydrogens (primary N) is 1. The molecule has 3 N–H and O–H groups in total. The van der Waals surface area contributed by atoms with Gasteiger partial charge in [0.05, 0.1) is 10.3 Å². The maximum Gasteiger partial charge on any atom is 0.268 e. The molecule has 0 aliphatic heterocycles. The van der Waals surface area contributed by atoms with E-state index in [0.29, 0.717) is 23.3 Å². The van der Waals surface area contributed by atoms with Gasteiger partial charge in [0.15, 0.2) is 0 Å². The molecule has 0 bridgehead atoms. The maximum absolute atomic E-state index is 12.0. The number of carbonyl (C=O) groups is 1. The number of nitrogens with zero attached hydrogens (tertiary/aromatic N) is 3. The highest BCUT2D eigenvalue weighted by molar-refractivity contribution is 7.19. The summed E-state index contributed by atoms with van der Waals surface area (Å²) in [7, 11) is 0. The molecule has 6 nitrogen and oxygen atoms in total. The largest absolute Gasteiger partial charge is 0.390 e. The average Bonchev–Trinajstić information content (AvgIpc) is 3.29. The van der Waals surface area contributed by atoms with Crippen molar-refractivity contribution in [1.29, 1.82) is 0 Å². The number of carbonyl (C=O) groups excluding carboxylic acids is 1. The lowest BCUT2D eigenvalue weighted by molar-refractivity contribution is -0.00142. The van der Waals surface area contributed by atoms with Crippen LogP contribution in [0.5, 0.6) is 0 Å². The molecule has 0 aromatic carbocycles. The van der Waals surface area contributed by atoms with E-state index < -0.39 is 11.5 Å². The van der Waals surface area contributed by atoms with Gasteiger partial charge in [-0.15, -0.1) is 11.3 Å². The van der Waals surface area contributed by atoms with E-state index in [2.05, 4.69) is 16.0 Å². The molecular weight excluding hydrogens is 360 g/mol. The van der Waals surface area contributed by atoms with Crippen LogP contribution in [0.25, 0.3) is 15.9 Å². The van der Waals surface area contributed by atoms with Crippen molar-refractivity contribution in [2.24, 2.45) is 11.7 Å². The van der Waals surface area contributed by atoms with Crippen LogP contribution in [0.4, 0.5) is 0 Å². The summed E-state index contributed by atoms with van der Waals surface area (Å²) in [6.07, 6.45) is 9.27. The summed E-state index contributed by atoms with van der Waals surface area (Å²) in [4.78, 5) is 21.8. The van der Waals surface area contributed by atoms with Crippen LogP contribution in [0.15, 0.2) is 30.9 Å². The second-order valence-corrected chi connectivity index (χ2v) is 9.02. The van der Waals surface area contributed by atoms with Crippen LogP contribution in [0, 0.1) is 5.92 Å². The highest BCUT2D eigenvalue weighted by atomic mass is 32.1. The second kappa shape index (κ2) is 6.73. The van der Waals surface area contributed by atoms with Crippen molar-refractivity contribution in [3.05, 3.63) is 41.4 Å². The molecule has 1 aliphatic carbocycles. The Kier molecular flexibility index (Phi) is 4.52. The van der Waals surface area contributed by atoms with E-state index in [0.717, 1.165) is 35.8 Å². The third-order valence-electron chi connectivity index (χ3n) is 5.64. The van der Waals surface area contributed by atoms with Crippen LogP contribution in [-0.2, 0) is 0 Å². The second-order valence-electron chi connectivity index (χ2n) is 7.93. The Labute approximate surface area is 162 Å². The number of pyridine rings is 1. The Morgan fingerprint density at radius 1 is 1.30 bits per heavy atom. The van der Waals surface area contributed by atoms with Gasteiger partial charge in [-0.2, -0.15) is 0 Å². The lowest BCUT2D eigenvalue weighted by Crippen LogP contribution is -2.33. The molecule has 1 fully saturated rings. The molecule has 0 unspecified atom stereocenters. The fourth-order valence-corrected chi connectivity index (χ4v) is 5.34. The minimum absolute atomic E-state index is 0.317. The lowest BCUT2D eigenvalue weighted by atomic mass is 9.74.